The molecule has 20 heavy (non-hydrogen) atoms. The highest BCUT2D eigenvalue weighted by molar-refractivity contribution is 6.16. The van der Waals surface area contributed by atoms with Gasteiger partial charge in [-0.05, 0) is 24.6 Å². The lowest BCUT2D eigenvalue weighted by Gasteiger charge is -2.10. The molecule has 108 valence electrons. The van der Waals surface area contributed by atoms with Gasteiger partial charge < -0.3 is 13.9 Å². The van der Waals surface area contributed by atoms with Gasteiger partial charge in [0.2, 0.25) is 11.8 Å². The molecule has 5 nitrogen and oxygen atoms in total. The Balaban J connectivity index is 2.19. The molecule has 0 amide bonds. The van der Waals surface area contributed by atoms with Crippen LogP contribution in [0, 0.1) is 0 Å². The van der Waals surface area contributed by atoms with Crippen LogP contribution in [0.1, 0.15) is 25.7 Å². The molecule has 0 saturated carbocycles. The van der Waals surface area contributed by atoms with E-state index in [1.165, 1.54) is 0 Å². The Morgan fingerprint density at radius 3 is 2.75 bits per heavy atom. The quantitative estimate of drug-likeness (QED) is 0.576. The molecule has 0 aliphatic rings. The second kappa shape index (κ2) is 7.14. The van der Waals surface area contributed by atoms with Crippen molar-refractivity contribution in [2.75, 3.05) is 13.7 Å². The van der Waals surface area contributed by atoms with E-state index in [1.807, 2.05) is 18.2 Å². The highest BCUT2D eigenvalue weighted by atomic mass is 35.5. The maximum absolute atomic E-state index is 5.67. The van der Waals surface area contributed by atoms with Crippen LogP contribution in [-0.4, -0.2) is 23.9 Å². The molecule has 0 fully saturated rings. The number of ether oxygens (including phenoxy) is 2. The van der Waals surface area contributed by atoms with E-state index in [1.54, 1.807) is 7.11 Å². The van der Waals surface area contributed by atoms with Gasteiger partial charge in [-0.3, -0.25) is 0 Å². The average molecular weight is 297 g/mol. The summed E-state index contributed by atoms with van der Waals surface area (Å²) >= 11 is 5.64. The number of alkyl halides is 1. The van der Waals surface area contributed by atoms with E-state index in [2.05, 4.69) is 17.1 Å². The van der Waals surface area contributed by atoms with E-state index in [9.17, 15) is 0 Å². The lowest BCUT2D eigenvalue weighted by atomic mass is 10.2. The topological polar surface area (TPSA) is 57.4 Å². The lowest BCUT2D eigenvalue weighted by molar-refractivity contribution is 0.288. The van der Waals surface area contributed by atoms with Crippen molar-refractivity contribution in [3.8, 4) is 23.0 Å². The second-order valence-electron chi connectivity index (χ2n) is 4.20. The molecule has 1 aromatic carbocycles. The molecule has 0 bridgehead atoms. The Hall–Kier alpha value is -1.75. The number of hydrogen-bond donors (Lipinski definition) is 0. The van der Waals surface area contributed by atoms with Crippen molar-refractivity contribution in [3.05, 3.63) is 24.1 Å². The zero-order chi connectivity index (χ0) is 14.4. The summed E-state index contributed by atoms with van der Waals surface area (Å²) in [6.07, 6.45) is 2.09. The highest BCUT2D eigenvalue weighted by Crippen LogP contribution is 2.32. The largest absolute Gasteiger partial charge is 0.493 e. The van der Waals surface area contributed by atoms with Crippen LogP contribution in [0.15, 0.2) is 22.6 Å². The molecule has 0 spiro atoms. The van der Waals surface area contributed by atoms with Gasteiger partial charge in [-0.15, -0.1) is 21.8 Å². The number of unbranched alkanes of at least 4 members (excludes halogenated alkanes) is 1. The van der Waals surface area contributed by atoms with Crippen molar-refractivity contribution in [1.82, 2.24) is 10.2 Å². The summed E-state index contributed by atoms with van der Waals surface area (Å²) in [4.78, 5) is 0. The fourth-order valence-corrected chi connectivity index (χ4v) is 1.78. The molecule has 1 heterocycles. The fraction of sp³-hybridized carbons (Fsp3) is 0.429. The van der Waals surface area contributed by atoms with E-state index in [0.29, 0.717) is 29.9 Å². The molecule has 0 aliphatic heterocycles. The van der Waals surface area contributed by atoms with Crippen molar-refractivity contribution < 1.29 is 13.9 Å². The van der Waals surface area contributed by atoms with Gasteiger partial charge in [0.1, 0.15) is 5.88 Å². The minimum absolute atomic E-state index is 0.197. The van der Waals surface area contributed by atoms with E-state index >= 15 is 0 Å². The third-order valence-electron chi connectivity index (χ3n) is 2.75. The molecule has 0 atom stereocenters. The smallest absolute Gasteiger partial charge is 0.247 e. The molecule has 0 aliphatic carbocycles. The molecule has 0 radical (unpaired) electrons. The number of rotatable bonds is 7. The molecule has 0 N–H and O–H groups in total. The summed E-state index contributed by atoms with van der Waals surface area (Å²) in [6, 6.07) is 5.51. The third-order valence-corrected chi connectivity index (χ3v) is 2.98. The first-order chi connectivity index (χ1) is 9.78. The maximum atomic E-state index is 5.67. The maximum Gasteiger partial charge on any atom is 0.247 e. The number of nitrogens with zero attached hydrogens (tertiary/aromatic N) is 2. The van der Waals surface area contributed by atoms with E-state index < -0.39 is 0 Å². The summed E-state index contributed by atoms with van der Waals surface area (Å²) in [5.41, 5.74) is 0.772. The van der Waals surface area contributed by atoms with Gasteiger partial charge >= 0.3 is 0 Å². The Labute approximate surface area is 122 Å². The third kappa shape index (κ3) is 3.42. The monoisotopic (exact) mass is 296 g/mol. The van der Waals surface area contributed by atoms with Crippen LogP contribution in [0.3, 0.4) is 0 Å². The Morgan fingerprint density at radius 1 is 1.25 bits per heavy atom. The van der Waals surface area contributed by atoms with Crippen LogP contribution >= 0.6 is 11.6 Å². The zero-order valence-corrected chi connectivity index (χ0v) is 12.3. The molecular formula is C14H17ClN2O3. The molecule has 2 aromatic rings. The predicted molar refractivity (Wildman–Crippen MR) is 76.2 cm³/mol. The summed E-state index contributed by atoms with van der Waals surface area (Å²) in [5.74, 6) is 2.36. The van der Waals surface area contributed by atoms with Crippen molar-refractivity contribution >= 4 is 11.6 Å². The standard InChI is InChI=1S/C14H17ClN2O3/c1-3-4-7-19-11-6-5-10(8-12(11)18-2)14-17-16-13(9-15)20-14/h5-6,8H,3-4,7,9H2,1-2H3. The Bertz CT molecular complexity index is 557. The summed E-state index contributed by atoms with van der Waals surface area (Å²) in [6.45, 7) is 2.79. The van der Waals surface area contributed by atoms with Crippen molar-refractivity contribution in [1.29, 1.82) is 0 Å². The number of methoxy groups -OCH3 is 1. The molecule has 6 heteroatoms. The number of aromatic nitrogens is 2. The van der Waals surface area contributed by atoms with Gasteiger partial charge in [-0.2, -0.15) is 0 Å². The lowest BCUT2D eigenvalue weighted by Crippen LogP contribution is -1.98. The number of hydrogen-bond acceptors (Lipinski definition) is 5. The molecule has 1 aromatic heterocycles. The normalized spacial score (nSPS) is 10.6. The van der Waals surface area contributed by atoms with Crippen LogP contribution in [0.25, 0.3) is 11.5 Å². The number of benzene rings is 1. The van der Waals surface area contributed by atoms with Crippen molar-refractivity contribution in [2.45, 2.75) is 25.6 Å². The predicted octanol–water partition coefficient (Wildman–Crippen LogP) is 3.66. The fourth-order valence-electron chi connectivity index (χ4n) is 1.67. The molecule has 0 unspecified atom stereocenters. The first kappa shape index (κ1) is 14.7. The average Bonchev–Trinajstić information content (AvgIpc) is 2.96. The van der Waals surface area contributed by atoms with Crippen molar-refractivity contribution in [2.24, 2.45) is 0 Å². The van der Waals surface area contributed by atoms with Gasteiger partial charge in [-0.25, -0.2) is 0 Å². The van der Waals surface area contributed by atoms with Gasteiger partial charge in [0.25, 0.3) is 0 Å². The molecule has 0 saturated heterocycles. The van der Waals surface area contributed by atoms with E-state index in [0.717, 1.165) is 18.4 Å². The van der Waals surface area contributed by atoms with Crippen LogP contribution < -0.4 is 9.47 Å². The Morgan fingerprint density at radius 2 is 2.10 bits per heavy atom. The van der Waals surface area contributed by atoms with Crippen LogP contribution in [0.2, 0.25) is 0 Å². The highest BCUT2D eigenvalue weighted by Gasteiger charge is 2.12. The minimum Gasteiger partial charge on any atom is -0.493 e. The summed E-state index contributed by atoms with van der Waals surface area (Å²) in [5, 5.41) is 7.77. The van der Waals surface area contributed by atoms with E-state index in [-0.39, 0.29) is 5.88 Å². The van der Waals surface area contributed by atoms with Crippen LogP contribution in [0.5, 0.6) is 11.5 Å². The van der Waals surface area contributed by atoms with Gasteiger partial charge in [-0.1, -0.05) is 13.3 Å². The SMILES string of the molecule is CCCCOc1ccc(-c2nnc(CCl)o2)cc1OC. The minimum atomic E-state index is 0.197. The summed E-state index contributed by atoms with van der Waals surface area (Å²) in [7, 11) is 1.60. The molecular weight excluding hydrogens is 280 g/mol. The van der Waals surface area contributed by atoms with Crippen molar-refractivity contribution in [3.63, 3.8) is 0 Å². The molecule has 2 rings (SSSR count). The van der Waals surface area contributed by atoms with Crippen LogP contribution in [0.4, 0.5) is 0 Å². The van der Waals surface area contributed by atoms with Crippen LogP contribution in [-0.2, 0) is 5.88 Å². The van der Waals surface area contributed by atoms with Gasteiger partial charge in [0.15, 0.2) is 11.5 Å². The van der Waals surface area contributed by atoms with E-state index in [4.69, 9.17) is 25.5 Å². The Kier molecular flexibility index (Phi) is 5.24. The first-order valence-corrected chi connectivity index (χ1v) is 7.01. The first-order valence-electron chi connectivity index (χ1n) is 6.48. The number of halogens is 1. The van der Waals surface area contributed by atoms with Gasteiger partial charge in [0, 0.05) is 5.56 Å². The zero-order valence-electron chi connectivity index (χ0n) is 11.6. The summed E-state index contributed by atoms with van der Waals surface area (Å²) < 4.78 is 16.4. The second-order valence-corrected chi connectivity index (χ2v) is 4.47. The van der Waals surface area contributed by atoms with Gasteiger partial charge in [0.05, 0.1) is 13.7 Å².